The minimum Gasteiger partial charge on any atom is -0.378 e. The van der Waals surface area contributed by atoms with Crippen molar-refractivity contribution in [3.05, 3.63) is 76.7 Å². The van der Waals surface area contributed by atoms with E-state index in [4.69, 9.17) is 14.9 Å². The maximum atomic E-state index is 12.6. The van der Waals surface area contributed by atoms with Gasteiger partial charge in [0.25, 0.3) is 5.56 Å². The van der Waals surface area contributed by atoms with Crippen molar-refractivity contribution in [3.63, 3.8) is 0 Å². The second kappa shape index (κ2) is 9.76. The fourth-order valence-corrected chi connectivity index (χ4v) is 4.48. The van der Waals surface area contributed by atoms with Crippen molar-refractivity contribution in [2.45, 2.75) is 11.8 Å². The predicted molar refractivity (Wildman–Crippen MR) is 140 cm³/mol. The maximum Gasteiger partial charge on any atom is 0.259 e. The summed E-state index contributed by atoms with van der Waals surface area (Å²) in [6.45, 7) is 5.26. The van der Waals surface area contributed by atoms with Crippen LogP contribution in [0.15, 0.2) is 70.5 Å². The smallest absolute Gasteiger partial charge is 0.259 e. The van der Waals surface area contributed by atoms with Crippen molar-refractivity contribution in [2.24, 2.45) is 5.14 Å². The topological polar surface area (TPSA) is 108 Å². The van der Waals surface area contributed by atoms with E-state index < -0.39 is 0 Å². The van der Waals surface area contributed by atoms with Gasteiger partial charge in [-0.15, -0.1) is 0 Å². The van der Waals surface area contributed by atoms with Crippen molar-refractivity contribution < 1.29 is 4.74 Å². The third-order valence-electron chi connectivity index (χ3n) is 5.85. The highest BCUT2D eigenvalue weighted by molar-refractivity contribution is 7.97. The van der Waals surface area contributed by atoms with E-state index in [9.17, 15) is 4.79 Å². The van der Waals surface area contributed by atoms with Crippen molar-refractivity contribution in [2.75, 3.05) is 41.8 Å². The maximum absolute atomic E-state index is 12.6. The minimum atomic E-state index is -0.193. The number of nitrogens with two attached hydrogens (primary N) is 1. The molecule has 9 heteroatoms. The Bertz CT molecular complexity index is 1370. The summed E-state index contributed by atoms with van der Waals surface area (Å²) in [5.74, 6) is 1.11. The molecule has 0 amide bonds. The molecule has 0 atom stereocenters. The summed E-state index contributed by atoms with van der Waals surface area (Å²) in [6, 6.07) is 17.9. The van der Waals surface area contributed by atoms with E-state index >= 15 is 0 Å². The Labute approximate surface area is 201 Å². The number of anilines is 5. The fraction of sp³-hybridized carbons (Fsp3) is 0.200. The number of nitrogens with zero attached hydrogens (tertiary/aromatic N) is 2. The number of benzene rings is 2. The highest BCUT2D eigenvalue weighted by Crippen LogP contribution is 2.29. The average molecular weight is 475 g/mol. The molecule has 1 aliphatic heterocycles. The number of aromatic amines is 1. The van der Waals surface area contributed by atoms with Crippen molar-refractivity contribution in [1.29, 1.82) is 0 Å². The van der Waals surface area contributed by atoms with E-state index in [-0.39, 0.29) is 5.56 Å². The Morgan fingerprint density at radius 1 is 1.03 bits per heavy atom. The van der Waals surface area contributed by atoms with E-state index in [2.05, 4.69) is 32.7 Å². The summed E-state index contributed by atoms with van der Waals surface area (Å²) in [5.41, 5.74) is 3.78. The van der Waals surface area contributed by atoms with Crippen LogP contribution in [0.25, 0.3) is 10.8 Å². The Hall–Kier alpha value is -3.53. The Morgan fingerprint density at radius 3 is 2.56 bits per heavy atom. The number of nitrogens with one attached hydrogen (secondary N) is 3. The zero-order valence-corrected chi connectivity index (χ0v) is 19.6. The predicted octanol–water partition coefficient (Wildman–Crippen LogP) is 4.52. The molecule has 1 saturated heterocycles. The Balaban J connectivity index is 1.46. The first-order valence-corrected chi connectivity index (χ1v) is 12.0. The first kappa shape index (κ1) is 22.3. The zero-order chi connectivity index (χ0) is 23.5. The lowest BCUT2D eigenvalue weighted by Gasteiger charge is -2.28. The fourth-order valence-electron chi connectivity index (χ4n) is 4.04. The second-order valence-electron chi connectivity index (χ2n) is 8.12. The molecule has 174 valence electrons. The van der Waals surface area contributed by atoms with Gasteiger partial charge in [-0.2, -0.15) is 0 Å². The largest absolute Gasteiger partial charge is 0.378 e. The lowest BCUT2D eigenvalue weighted by atomic mass is 10.2. The molecular weight excluding hydrogens is 448 g/mol. The van der Waals surface area contributed by atoms with Gasteiger partial charge >= 0.3 is 0 Å². The van der Waals surface area contributed by atoms with Gasteiger partial charge in [0.2, 0.25) is 0 Å². The zero-order valence-electron chi connectivity index (χ0n) is 18.8. The van der Waals surface area contributed by atoms with Crippen molar-refractivity contribution in [1.82, 2.24) is 9.97 Å². The molecule has 0 radical (unpaired) electrons. The number of pyridine rings is 2. The number of aryl methyl sites for hydroxylation is 1. The highest BCUT2D eigenvalue weighted by Gasteiger charge is 2.13. The molecule has 4 aromatic rings. The van der Waals surface area contributed by atoms with Gasteiger partial charge in [0.15, 0.2) is 0 Å². The molecule has 5 rings (SSSR count). The van der Waals surface area contributed by atoms with Gasteiger partial charge in [0.1, 0.15) is 11.6 Å². The van der Waals surface area contributed by atoms with Gasteiger partial charge in [-0.25, -0.2) is 4.98 Å². The van der Waals surface area contributed by atoms with Crippen LogP contribution >= 0.6 is 11.9 Å². The molecule has 1 aliphatic rings. The monoisotopic (exact) mass is 474 g/mol. The third kappa shape index (κ3) is 4.72. The van der Waals surface area contributed by atoms with Crippen molar-refractivity contribution >= 4 is 51.4 Å². The number of fused-ring (bicyclic) bond motifs is 1. The van der Waals surface area contributed by atoms with E-state index in [1.54, 1.807) is 6.20 Å². The molecule has 3 heterocycles. The van der Waals surface area contributed by atoms with Crippen LogP contribution < -0.4 is 26.2 Å². The Morgan fingerprint density at radius 2 is 1.79 bits per heavy atom. The third-order valence-corrected chi connectivity index (χ3v) is 6.54. The van der Waals surface area contributed by atoms with Crippen LogP contribution in [0.3, 0.4) is 0 Å². The number of hydrogen-bond donors (Lipinski definition) is 4. The molecular formula is C25H26N6O2S. The Kier molecular flexibility index (Phi) is 6.39. The molecule has 2 aromatic carbocycles. The van der Waals surface area contributed by atoms with Gasteiger partial charge in [-0.05, 0) is 78.4 Å². The quantitative estimate of drug-likeness (QED) is 0.302. The molecule has 34 heavy (non-hydrogen) atoms. The standard InChI is InChI=1S/C25H26N6O2S/c1-16-2-3-19(15-21(16)34-26)28-22-14-17-8-9-27-25(32)23(17)24(30-22)29-18-4-6-20(7-5-18)31-10-12-33-13-11-31/h2-9,14-15H,10-13,26H2,1H3,(H,27,32)(H2,28,29,30). The second-order valence-corrected chi connectivity index (χ2v) is 8.80. The molecule has 0 unspecified atom stereocenters. The molecule has 2 aromatic heterocycles. The van der Waals surface area contributed by atoms with E-state index in [1.165, 1.54) is 11.9 Å². The number of H-pyrrole nitrogens is 1. The molecule has 8 nitrogen and oxygen atoms in total. The number of rotatable bonds is 6. The van der Waals surface area contributed by atoms with Gasteiger partial charge in [-0.1, -0.05) is 6.07 Å². The molecule has 0 saturated carbocycles. The van der Waals surface area contributed by atoms with Gasteiger partial charge in [0.05, 0.1) is 18.6 Å². The average Bonchev–Trinajstić information content (AvgIpc) is 2.86. The number of morpholine rings is 1. The molecule has 0 spiro atoms. The van der Waals surface area contributed by atoms with Crippen LogP contribution in [0.2, 0.25) is 0 Å². The van der Waals surface area contributed by atoms with Crippen LogP contribution in [0.4, 0.5) is 28.7 Å². The van der Waals surface area contributed by atoms with Gasteiger partial charge in [0, 0.05) is 41.2 Å². The molecule has 1 fully saturated rings. The summed E-state index contributed by atoms with van der Waals surface area (Å²) in [4.78, 5) is 23.4. The number of hydrogen-bond acceptors (Lipinski definition) is 8. The van der Waals surface area contributed by atoms with Gasteiger partial charge in [-0.3, -0.25) is 9.93 Å². The van der Waals surface area contributed by atoms with Crippen LogP contribution in [-0.4, -0.2) is 36.3 Å². The lowest BCUT2D eigenvalue weighted by molar-refractivity contribution is 0.122. The summed E-state index contributed by atoms with van der Waals surface area (Å²) in [5, 5.41) is 13.8. The summed E-state index contributed by atoms with van der Waals surface area (Å²) in [6.07, 6.45) is 1.64. The van der Waals surface area contributed by atoms with E-state index in [0.717, 1.165) is 59.2 Å². The van der Waals surface area contributed by atoms with Crippen LogP contribution in [0.1, 0.15) is 5.56 Å². The summed E-state index contributed by atoms with van der Waals surface area (Å²) >= 11 is 1.21. The van der Waals surface area contributed by atoms with Crippen LogP contribution in [0.5, 0.6) is 0 Å². The normalized spacial score (nSPS) is 13.8. The molecule has 0 aliphatic carbocycles. The van der Waals surface area contributed by atoms with Gasteiger partial charge < -0.3 is 25.3 Å². The molecule has 0 bridgehead atoms. The highest BCUT2D eigenvalue weighted by atomic mass is 32.2. The number of aromatic nitrogens is 2. The first-order chi connectivity index (χ1) is 16.6. The van der Waals surface area contributed by atoms with Crippen LogP contribution in [0, 0.1) is 6.92 Å². The first-order valence-electron chi connectivity index (χ1n) is 11.1. The van der Waals surface area contributed by atoms with E-state index in [1.807, 2.05) is 49.4 Å². The molecule has 5 N–H and O–H groups in total. The van der Waals surface area contributed by atoms with Crippen LogP contribution in [-0.2, 0) is 4.74 Å². The minimum absolute atomic E-state index is 0.193. The summed E-state index contributed by atoms with van der Waals surface area (Å²) < 4.78 is 5.44. The van der Waals surface area contributed by atoms with E-state index in [0.29, 0.717) is 17.0 Å². The number of ether oxygens (including phenoxy) is 1. The van der Waals surface area contributed by atoms with Crippen molar-refractivity contribution in [3.8, 4) is 0 Å². The summed E-state index contributed by atoms with van der Waals surface area (Å²) in [7, 11) is 0. The lowest BCUT2D eigenvalue weighted by Crippen LogP contribution is -2.36. The SMILES string of the molecule is Cc1ccc(Nc2cc3cc[nH]c(=O)c3c(Nc3ccc(N4CCOCC4)cc3)n2)cc1SN.